The van der Waals surface area contributed by atoms with Gasteiger partial charge in [0, 0.05) is 0 Å². The van der Waals surface area contributed by atoms with Gasteiger partial charge in [0.1, 0.15) is 0 Å². The highest BCUT2D eigenvalue weighted by Crippen LogP contribution is 2.43. The highest BCUT2D eigenvalue weighted by molar-refractivity contribution is 6.07. The monoisotopic (exact) mass is 224 g/mol. The van der Waals surface area contributed by atoms with Gasteiger partial charge in [-0.2, -0.15) is 10.2 Å². The van der Waals surface area contributed by atoms with Crippen molar-refractivity contribution in [3.8, 4) is 0 Å². The Morgan fingerprint density at radius 3 is 1.69 bits per heavy atom. The van der Waals surface area contributed by atoms with Crippen molar-refractivity contribution in [2.24, 2.45) is 10.2 Å². The van der Waals surface area contributed by atoms with Gasteiger partial charge in [0.15, 0.2) is 5.82 Å². The first-order chi connectivity index (χ1) is 7.30. The maximum Gasteiger partial charge on any atom is 0.164 e. The van der Waals surface area contributed by atoms with Crippen LogP contribution in [-0.4, -0.2) is 44.0 Å². The second-order valence-corrected chi connectivity index (χ2v) is 5.01. The molecule has 0 atom stereocenters. The van der Waals surface area contributed by atoms with Gasteiger partial charge in [-0.15, -0.1) is 0 Å². The van der Waals surface area contributed by atoms with E-state index in [1.54, 1.807) is 0 Å². The molecule has 0 aromatic rings. The van der Waals surface area contributed by atoms with E-state index in [4.69, 9.17) is 0 Å². The summed E-state index contributed by atoms with van der Waals surface area (Å²) >= 11 is 0. The van der Waals surface area contributed by atoms with Crippen LogP contribution in [-0.2, 0) is 0 Å². The van der Waals surface area contributed by atoms with E-state index in [-0.39, 0.29) is 0 Å². The minimum atomic E-state index is -0.617. The summed E-state index contributed by atoms with van der Waals surface area (Å²) in [6.07, 6.45) is 3.00. The Balaban J connectivity index is 2.56. The van der Waals surface area contributed by atoms with Crippen molar-refractivity contribution < 1.29 is 10.4 Å². The van der Waals surface area contributed by atoms with Gasteiger partial charge < -0.3 is 0 Å². The van der Waals surface area contributed by atoms with E-state index in [1.807, 2.05) is 27.7 Å². The molecular formula is C10H16N4O2. The van der Waals surface area contributed by atoms with Crippen molar-refractivity contribution >= 4 is 12.4 Å². The Morgan fingerprint density at radius 1 is 0.938 bits per heavy atom. The molecule has 2 aliphatic rings. The van der Waals surface area contributed by atoms with Crippen LogP contribution in [0.5, 0.6) is 0 Å². The zero-order valence-corrected chi connectivity index (χ0v) is 9.84. The average molecular weight is 224 g/mol. The second kappa shape index (κ2) is 3.05. The normalized spacial score (nSPS) is 26.1. The van der Waals surface area contributed by atoms with E-state index in [0.717, 1.165) is 10.1 Å². The Morgan fingerprint density at radius 2 is 1.31 bits per heavy atom. The van der Waals surface area contributed by atoms with Gasteiger partial charge in [-0.1, -0.05) is 0 Å². The zero-order chi connectivity index (χ0) is 12.1. The maximum absolute atomic E-state index is 10.1. The molecule has 88 valence electrons. The number of hydrogen-bond donors (Lipinski definition) is 2. The lowest BCUT2D eigenvalue weighted by atomic mass is 9.84. The molecule has 16 heavy (non-hydrogen) atoms. The van der Waals surface area contributed by atoms with Crippen LogP contribution in [0.1, 0.15) is 27.7 Å². The summed E-state index contributed by atoms with van der Waals surface area (Å²) in [6.45, 7) is 7.42. The van der Waals surface area contributed by atoms with Crippen LogP contribution in [0.3, 0.4) is 0 Å². The number of rotatable bonds is 0. The first kappa shape index (κ1) is 11.1. The van der Waals surface area contributed by atoms with Gasteiger partial charge in [0.25, 0.3) is 0 Å². The van der Waals surface area contributed by atoms with Gasteiger partial charge in [0.05, 0.1) is 29.1 Å². The molecule has 0 aromatic carbocycles. The molecule has 6 nitrogen and oxygen atoms in total. The molecule has 0 unspecified atom stereocenters. The number of hydroxylamine groups is 4. The zero-order valence-electron chi connectivity index (χ0n) is 9.84. The van der Waals surface area contributed by atoms with Crippen molar-refractivity contribution in [3.05, 3.63) is 11.4 Å². The third-order valence-corrected chi connectivity index (χ3v) is 3.68. The van der Waals surface area contributed by atoms with E-state index < -0.39 is 11.1 Å². The fourth-order valence-electron chi connectivity index (χ4n) is 1.72. The van der Waals surface area contributed by atoms with Crippen LogP contribution in [0.25, 0.3) is 0 Å². The van der Waals surface area contributed by atoms with Crippen molar-refractivity contribution in [1.82, 2.24) is 10.1 Å². The maximum atomic E-state index is 10.1. The highest BCUT2D eigenvalue weighted by atomic mass is 16.6. The summed E-state index contributed by atoms with van der Waals surface area (Å²) in [7, 11) is 0. The Hall–Kier alpha value is -1.40. The summed E-state index contributed by atoms with van der Waals surface area (Å²) in [5, 5.41) is 29.8. The summed E-state index contributed by atoms with van der Waals surface area (Å²) in [5.74, 6) is 0.306. The van der Waals surface area contributed by atoms with E-state index in [0.29, 0.717) is 11.4 Å². The predicted octanol–water partition coefficient (Wildman–Crippen LogP) is 1.22. The minimum absolute atomic E-state index is 0.306. The highest BCUT2D eigenvalue weighted by Gasteiger charge is 2.56. The standard InChI is InChI=1S/C10H16N4O2/c1-9(2)10(3,4)14(16)8(13(9)15)7-5-11-12-6-7/h5-6,15-16H,1-4H3. The molecule has 0 aliphatic carbocycles. The van der Waals surface area contributed by atoms with Crippen LogP contribution in [0.2, 0.25) is 0 Å². The molecule has 2 N–H and O–H groups in total. The molecule has 1 fully saturated rings. The van der Waals surface area contributed by atoms with Crippen LogP contribution >= 0.6 is 0 Å². The molecule has 0 bridgehead atoms. The van der Waals surface area contributed by atoms with Gasteiger partial charge in [-0.25, -0.2) is 10.1 Å². The third kappa shape index (κ3) is 1.14. The quantitative estimate of drug-likeness (QED) is 0.649. The van der Waals surface area contributed by atoms with Crippen LogP contribution in [0, 0.1) is 0 Å². The second-order valence-electron chi connectivity index (χ2n) is 5.01. The van der Waals surface area contributed by atoms with Gasteiger partial charge >= 0.3 is 0 Å². The van der Waals surface area contributed by atoms with E-state index in [1.165, 1.54) is 12.4 Å². The summed E-state index contributed by atoms with van der Waals surface area (Å²) in [6, 6.07) is 0. The molecule has 1 saturated heterocycles. The van der Waals surface area contributed by atoms with Crippen molar-refractivity contribution in [3.63, 3.8) is 0 Å². The fraction of sp³-hybridized carbons (Fsp3) is 0.600. The Bertz CT molecular complexity index is 373. The lowest BCUT2D eigenvalue weighted by molar-refractivity contribution is -0.125. The fourth-order valence-corrected chi connectivity index (χ4v) is 1.72. The van der Waals surface area contributed by atoms with Crippen molar-refractivity contribution in [2.75, 3.05) is 0 Å². The molecule has 2 aliphatic heterocycles. The van der Waals surface area contributed by atoms with Crippen molar-refractivity contribution in [2.45, 2.75) is 38.8 Å². The average Bonchev–Trinajstić information content (AvgIpc) is 2.73. The lowest BCUT2D eigenvalue weighted by Gasteiger charge is -2.37. The molecular weight excluding hydrogens is 208 g/mol. The van der Waals surface area contributed by atoms with Gasteiger partial charge in [-0.05, 0) is 27.7 Å². The third-order valence-electron chi connectivity index (χ3n) is 3.68. The number of allylic oxidation sites excluding steroid dienone is 1. The SMILES string of the molecule is CC1(C)N(O)C(=C2C=NN=C2)N(O)C1(C)C. The number of nitrogens with zero attached hydrogens (tertiary/aromatic N) is 4. The van der Waals surface area contributed by atoms with Gasteiger partial charge in [0.2, 0.25) is 0 Å². The molecule has 0 saturated carbocycles. The topological polar surface area (TPSA) is 71.7 Å². The predicted molar refractivity (Wildman–Crippen MR) is 59.4 cm³/mol. The summed E-state index contributed by atoms with van der Waals surface area (Å²) in [4.78, 5) is 0. The molecule has 0 amide bonds. The van der Waals surface area contributed by atoms with E-state index in [2.05, 4.69) is 10.2 Å². The van der Waals surface area contributed by atoms with Crippen LogP contribution in [0.4, 0.5) is 0 Å². The van der Waals surface area contributed by atoms with Crippen molar-refractivity contribution in [1.29, 1.82) is 0 Å². The lowest BCUT2D eigenvalue weighted by Crippen LogP contribution is -2.52. The first-order valence-electron chi connectivity index (χ1n) is 5.09. The Kier molecular flexibility index (Phi) is 2.12. The Labute approximate surface area is 94.1 Å². The molecule has 0 radical (unpaired) electrons. The van der Waals surface area contributed by atoms with E-state index >= 15 is 0 Å². The molecule has 2 rings (SSSR count). The largest absolute Gasteiger partial charge is 0.286 e. The van der Waals surface area contributed by atoms with E-state index in [9.17, 15) is 10.4 Å². The molecule has 6 heteroatoms. The molecule has 0 spiro atoms. The smallest absolute Gasteiger partial charge is 0.164 e. The van der Waals surface area contributed by atoms with Crippen LogP contribution < -0.4 is 0 Å². The number of hydrogen-bond acceptors (Lipinski definition) is 6. The first-order valence-corrected chi connectivity index (χ1v) is 5.09. The summed E-state index contributed by atoms with van der Waals surface area (Å²) in [5.41, 5.74) is -0.647. The van der Waals surface area contributed by atoms with Gasteiger partial charge in [-0.3, -0.25) is 10.4 Å². The van der Waals surface area contributed by atoms with Crippen LogP contribution in [0.15, 0.2) is 21.6 Å². The summed E-state index contributed by atoms with van der Waals surface area (Å²) < 4.78 is 0. The minimum Gasteiger partial charge on any atom is -0.286 e. The molecule has 2 heterocycles. The molecule has 0 aromatic heterocycles.